The third-order valence-corrected chi connectivity index (χ3v) is 5.21. The van der Waals surface area contributed by atoms with Gasteiger partial charge in [0.1, 0.15) is 17.4 Å². The van der Waals surface area contributed by atoms with Crippen LogP contribution in [0.2, 0.25) is 0 Å². The monoisotopic (exact) mass is 382 g/mol. The molecular formula is C22H23FN2O3. The number of carbonyl (C=O) groups excluding carboxylic acids is 3. The van der Waals surface area contributed by atoms with Gasteiger partial charge in [-0.1, -0.05) is 23.8 Å². The lowest BCUT2D eigenvalue weighted by atomic mass is 9.86. The van der Waals surface area contributed by atoms with Gasteiger partial charge in [0.15, 0.2) is 5.78 Å². The van der Waals surface area contributed by atoms with Crippen molar-refractivity contribution in [2.75, 3.05) is 6.54 Å². The van der Waals surface area contributed by atoms with Gasteiger partial charge in [0.2, 0.25) is 5.95 Å². The van der Waals surface area contributed by atoms with Crippen LogP contribution in [-0.2, 0) is 9.59 Å². The third kappa shape index (κ3) is 4.01. The summed E-state index contributed by atoms with van der Waals surface area (Å²) in [5.41, 5.74) is 3.81. The highest BCUT2D eigenvalue weighted by Crippen LogP contribution is 2.37. The zero-order chi connectivity index (χ0) is 20.4. The summed E-state index contributed by atoms with van der Waals surface area (Å²) in [5, 5.41) is 2.64. The second-order valence-corrected chi connectivity index (χ2v) is 7.41. The molecule has 1 aliphatic carbocycles. The minimum atomic E-state index is -0.726. The van der Waals surface area contributed by atoms with E-state index in [1.165, 1.54) is 12.1 Å². The van der Waals surface area contributed by atoms with Gasteiger partial charge in [0.25, 0.3) is 5.91 Å². The fraction of sp³-hybridized carbons (Fsp3) is 0.364. The van der Waals surface area contributed by atoms with Gasteiger partial charge in [-0.05, 0) is 56.0 Å². The van der Waals surface area contributed by atoms with Crippen LogP contribution in [0.3, 0.4) is 0 Å². The van der Waals surface area contributed by atoms with E-state index in [4.69, 9.17) is 0 Å². The summed E-state index contributed by atoms with van der Waals surface area (Å²) in [4.78, 5) is 41.0. The minimum absolute atomic E-state index is 0.0161. The first-order valence-electron chi connectivity index (χ1n) is 9.33. The second-order valence-electron chi connectivity index (χ2n) is 7.41. The second kappa shape index (κ2) is 8.00. The summed E-state index contributed by atoms with van der Waals surface area (Å²) in [6.45, 7) is 6.06. The zero-order valence-corrected chi connectivity index (χ0v) is 16.2. The average molecular weight is 382 g/mol. The van der Waals surface area contributed by atoms with Crippen molar-refractivity contribution in [2.24, 2.45) is 5.92 Å². The molecule has 1 saturated carbocycles. The highest BCUT2D eigenvalue weighted by Gasteiger charge is 2.42. The van der Waals surface area contributed by atoms with Gasteiger partial charge in [-0.3, -0.25) is 14.4 Å². The molecule has 5 nitrogen and oxygen atoms in total. The number of hydrogen-bond donors (Lipinski definition) is 1. The van der Waals surface area contributed by atoms with E-state index in [1.807, 2.05) is 32.9 Å². The lowest BCUT2D eigenvalue weighted by molar-refractivity contribution is -0.124. The zero-order valence-electron chi connectivity index (χ0n) is 16.2. The third-order valence-electron chi connectivity index (χ3n) is 5.21. The van der Waals surface area contributed by atoms with Crippen molar-refractivity contribution in [1.82, 2.24) is 10.3 Å². The Kier molecular flexibility index (Phi) is 5.68. The lowest BCUT2D eigenvalue weighted by Crippen LogP contribution is -2.28. The van der Waals surface area contributed by atoms with Crippen LogP contribution in [0, 0.1) is 32.6 Å². The molecule has 2 atom stereocenters. The van der Waals surface area contributed by atoms with Gasteiger partial charge in [-0.25, -0.2) is 4.98 Å². The first kappa shape index (κ1) is 19.9. The standard InChI is InChI=1S/C22H23FN2O3/c1-12-9-13(2)19(14(3)10-12)20-17(26)11-15(21(20)27)7-8-24-22(28)16-5-4-6-18(23)25-16/h4-6,9-10,15,20H,7-8,11H2,1-3H3,(H,24,28)/t15-,20?/m1/s1. The predicted molar refractivity (Wildman–Crippen MR) is 103 cm³/mol. The van der Waals surface area contributed by atoms with Gasteiger partial charge in [0.05, 0.1) is 0 Å². The van der Waals surface area contributed by atoms with Gasteiger partial charge in [-0.2, -0.15) is 4.39 Å². The number of nitrogens with one attached hydrogen (secondary N) is 1. The molecule has 1 amide bonds. The summed E-state index contributed by atoms with van der Waals surface area (Å²) >= 11 is 0. The number of aryl methyl sites for hydroxylation is 3. The highest BCUT2D eigenvalue weighted by atomic mass is 19.1. The maximum Gasteiger partial charge on any atom is 0.269 e. The molecule has 28 heavy (non-hydrogen) atoms. The van der Waals surface area contributed by atoms with Crippen molar-refractivity contribution < 1.29 is 18.8 Å². The van der Waals surface area contributed by atoms with Crippen LogP contribution in [0.15, 0.2) is 30.3 Å². The van der Waals surface area contributed by atoms with Crippen LogP contribution in [0.4, 0.5) is 4.39 Å². The van der Waals surface area contributed by atoms with Gasteiger partial charge in [0, 0.05) is 18.9 Å². The van der Waals surface area contributed by atoms with E-state index < -0.39 is 23.7 Å². The smallest absolute Gasteiger partial charge is 0.269 e. The van der Waals surface area contributed by atoms with Crippen molar-refractivity contribution in [2.45, 2.75) is 39.5 Å². The Balaban J connectivity index is 1.65. The number of rotatable bonds is 5. The van der Waals surface area contributed by atoms with E-state index in [1.54, 1.807) is 0 Å². The Bertz CT molecular complexity index is 932. The number of halogens is 1. The highest BCUT2D eigenvalue weighted by molar-refractivity contribution is 6.15. The summed E-state index contributed by atoms with van der Waals surface area (Å²) < 4.78 is 13.1. The maximum atomic E-state index is 13.1. The van der Waals surface area contributed by atoms with E-state index in [0.717, 1.165) is 28.3 Å². The number of aromatic nitrogens is 1. The van der Waals surface area contributed by atoms with Crippen LogP contribution in [0.25, 0.3) is 0 Å². The minimum Gasteiger partial charge on any atom is -0.351 e. The van der Waals surface area contributed by atoms with E-state index in [2.05, 4.69) is 10.3 Å². The van der Waals surface area contributed by atoms with Crippen LogP contribution in [0.5, 0.6) is 0 Å². The van der Waals surface area contributed by atoms with Gasteiger partial charge >= 0.3 is 0 Å². The Hall–Kier alpha value is -2.89. The molecule has 0 bridgehead atoms. The van der Waals surface area contributed by atoms with Gasteiger partial charge in [-0.15, -0.1) is 0 Å². The summed E-state index contributed by atoms with van der Waals surface area (Å²) in [5.74, 6) is -2.51. The van der Waals surface area contributed by atoms with Crippen LogP contribution >= 0.6 is 0 Å². The van der Waals surface area contributed by atoms with E-state index in [-0.39, 0.29) is 30.2 Å². The number of carbonyl (C=O) groups is 3. The van der Waals surface area contributed by atoms with Crippen molar-refractivity contribution in [3.8, 4) is 0 Å². The number of ketones is 2. The first-order valence-corrected chi connectivity index (χ1v) is 9.33. The SMILES string of the molecule is Cc1cc(C)c(C2C(=O)C[C@@H](CCNC(=O)c3cccc(F)n3)C2=O)c(C)c1. The topological polar surface area (TPSA) is 76.1 Å². The summed E-state index contributed by atoms with van der Waals surface area (Å²) in [6.07, 6.45) is 0.552. The van der Waals surface area contributed by atoms with Crippen molar-refractivity contribution >= 4 is 17.5 Å². The fourth-order valence-electron chi connectivity index (χ4n) is 4.03. The van der Waals surface area contributed by atoms with E-state index >= 15 is 0 Å². The number of nitrogens with zero attached hydrogens (tertiary/aromatic N) is 1. The predicted octanol–water partition coefficient (Wildman–Crippen LogP) is 3.21. The molecule has 0 spiro atoms. The maximum absolute atomic E-state index is 13.1. The Labute approximate surface area is 163 Å². The Morgan fingerprint density at radius 1 is 1.18 bits per heavy atom. The molecule has 1 aromatic carbocycles. The molecule has 0 radical (unpaired) electrons. The molecule has 3 rings (SSSR count). The number of amides is 1. The number of benzene rings is 1. The van der Waals surface area contributed by atoms with Crippen LogP contribution in [-0.4, -0.2) is 29.0 Å². The first-order chi connectivity index (χ1) is 13.3. The van der Waals surface area contributed by atoms with Crippen molar-refractivity contribution in [3.05, 3.63) is 64.2 Å². The molecule has 1 aromatic heterocycles. The molecule has 0 aliphatic heterocycles. The molecule has 1 aliphatic rings. The molecule has 1 N–H and O–H groups in total. The molecule has 1 heterocycles. The van der Waals surface area contributed by atoms with Crippen molar-refractivity contribution in [1.29, 1.82) is 0 Å². The quantitative estimate of drug-likeness (QED) is 0.636. The molecule has 0 saturated heterocycles. The van der Waals surface area contributed by atoms with E-state index in [9.17, 15) is 18.8 Å². The Morgan fingerprint density at radius 2 is 1.86 bits per heavy atom. The molecule has 1 fully saturated rings. The Morgan fingerprint density at radius 3 is 2.50 bits per heavy atom. The lowest BCUT2D eigenvalue weighted by Gasteiger charge is -2.16. The number of hydrogen-bond acceptors (Lipinski definition) is 4. The molecule has 2 aromatic rings. The molecule has 146 valence electrons. The largest absolute Gasteiger partial charge is 0.351 e. The normalized spacial score (nSPS) is 19.1. The van der Waals surface area contributed by atoms with E-state index in [0.29, 0.717) is 6.42 Å². The molecule has 6 heteroatoms. The van der Waals surface area contributed by atoms with Crippen LogP contribution < -0.4 is 5.32 Å². The summed E-state index contributed by atoms with van der Waals surface area (Å²) in [6, 6.07) is 7.97. The average Bonchev–Trinajstić information content (AvgIpc) is 2.89. The molecule has 1 unspecified atom stereocenters. The fourth-order valence-corrected chi connectivity index (χ4v) is 4.03. The van der Waals surface area contributed by atoms with Crippen LogP contribution in [0.1, 0.15) is 51.5 Å². The summed E-state index contributed by atoms with van der Waals surface area (Å²) in [7, 11) is 0. The number of pyridine rings is 1. The number of Topliss-reactive ketones (excluding diaryl/α,β-unsaturated/α-hetero) is 2. The van der Waals surface area contributed by atoms with Crippen molar-refractivity contribution in [3.63, 3.8) is 0 Å². The van der Waals surface area contributed by atoms with Gasteiger partial charge < -0.3 is 5.32 Å². The molecular weight excluding hydrogens is 359 g/mol.